The summed E-state index contributed by atoms with van der Waals surface area (Å²) in [5, 5.41) is 11.3. The minimum atomic E-state index is -2.98. The third kappa shape index (κ3) is 5.03. The van der Waals surface area contributed by atoms with Gasteiger partial charge in [-0.3, -0.25) is 9.59 Å². The molecular formula is C25H26F2N2O5. The predicted octanol–water partition coefficient (Wildman–Crippen LogP) is 3.87. The van der Waals surface area contributed by atoms with Crippen molar-refractivity contribution in [2.45, 2.75) is 37.6 Å². The molecule has 1 heterocycles. The van der Waals surface area contributed by atoms with Crippen molar-refractivity contribution >= 4 is 18.0 Å². The first kappa shape index (κ1) is 23.7. The standard InChI is InChI=1S/C25H26F2N2O5/c26-23(27)21(12-22(30)29-11-5-6-15(13-29)24(31)32)28-25(33)34-14-20-18-9-3-1-7-16(18)17-8-2-4-10-19(17)20/h1-4,7-10,15,20-21,23H,5-6,11-14H2,(H,28,33)(H,31,32). The molecule has 2 aromatic carbocycles. The Hall–Kier alpha value is -3.49. The van der Waals surface area contributed by atoms with Crippen molar-refractivity contribution < 1.29 is 33.0 Å². The van der Waals surface area contributed by atoms with E-state index in [1.165, 1.54) is 4.90 Å². The number of halogens is 2. The number of carboxylic acids is 1. The van der Waals surface area contributed by atoms with Gasteiger partial charge in [0.05, 0.1) is 12.3 Å². The van der Waals surface area contributed by atoms with Gasteiger partial charge in [-0.2, -0.15) is 0 Å². The van der Waals surface area contributed by atoms with Gasteiger partial charge < -0.3 is 20.1 Å². The lowest BCUT2D eigenvalue weighted by Crippen LogP contribution is -2.47. The van der Waals surface area contributed by atoms with Crippen LogP contribution in [0.3, 0.4) is 0 Å². The van der Waals surface area contributed by atoms with Crippen LogP contribution in [0.4, 0.5) is 13.6 Å². The number of nitrogens with one attached hydrogen (secondary N) is 1. The van der Waals surface area contributed by atoms with Crippen LogP contribution in [0.2, 0.25) is 0 Å². The largest absolute Gasteiger partial charge is 0.481 e. The predicted molar refractivity (Wildman–Crippen MR) is 120 cm³/mol. The zero-order valence-corrected chi connectivity index (χ0v) is 18.5. The summed E-state index contributed by atoms with van der Waals surface area (Å²) >= 11 is 0. The highest BCUT2D eigenvalue weighted by atomic mass is 19.3. The van der Waals surface area contributed by atoms with E-state index in [2.05, 4.69) is 5.32 Å². The number of carboxylic acid groups (broad SMARTS) is 1. The molecule has 1 saturated heterocycles. The topological polar surface area (TPSA) is 95.9 Å². The molecule has 4 rings (SSSR count). The quantitative estimate of drug-likeness (QED) is 0.638. The molecular weight excluding hydrogens is 446 g/mol. The number of piperidine rings is 1. The van der Waals surface area contributed by atoms with Gasteiger partial charge in [-0.15, -0.1) is 0 Å². The van der Waals surface area contributed by atoms with E-state index < -0.39 is 42.8 Å². The maximum Gasteiger partial charge on any atom is 0.407 e. The number of ether oxygens (including phenoxy) is 1. The van der Waals surface area contributed by atoms with Crippen molar-refractivity contribution in [2.24, 2.45) is 5.92 Å². The zero-order chi connectivity index (χ0) is 24.2. The average Bonchev–Trinajstić information content (AvgIpc) is 3.16. The number of hydrogen-bond acceptors (Lipinski definition) is 4. The van der Waals surface area contributed by atoms with E-state index in [9.17, 15) is 23.2 Å². The van der Waals surface area contributed by atoms with Gasteiger partial charge in [-0.25, -0.2) is 13.6 Å². The smallest absolute Gasteiger partial charge is 0.407 e. The number of benzene rings is 2. The van der Waals surface area contributed by atoms with Crippen LogP contribution < -0.4 is 5.32 Å². The first-order valence-electron chi connectivity index (χ1n) is 11.3. The van der Waals surface area contributed by atoms with Crippen molar-refractivity contribution in [2.75, 3.05) is 19.7 Å². The molecule has 34 heavy (non-hydrogen) atoms. The van der Waals surface area contributed by atoms with Gasteiger partial charge in [-0.05, 0) is 35.1 Å². The van der Waals surface area contributed by atoms with Crippen molar-refractivity contribution in [1.29, 1.82) is 0 Å². The summed E-state index contributed by atoms with van der Waals surface area (Å²) in [7, 11) is 0. The van der Waals surface area contributed by atoms with Crippen LogP contribution in [0.15, 0.2) is 48.5 Å². The highest BCUT2D eigenvalue weighted by Gasteiger charge is 2.33. The molecule has 2 N–H and O–H groups in total. The van der Waals surface area contributed by atoms with Crippen LogP contribution in [-0.2, 0) is 14.3 Å². The number of nitrogens with zero attached hydrogens (tertiary/aromatic N) is 1. The summed E-state index contributed by atoms with van der Waals surface area (Å²) < 4.78 is 32.5. The molecule has 0 radical (unpaired) electrons. The van der Waals surface area contributed by atoms with Crippen LogP contribution in [0.1, 0.15) is 36.3 Å². The number of aliphatic carboxylic acids is 1. The fraction of sp³-hybridized carbons (Fsp3) is 0.400. The highest BCUT2D eigenvalue weighted by molar-refractivity contribution is 5.80. The van der Waals surface area contributed by atoms with Crippen molar-refractivity contribution in [3.8, 4) is 11.1 Å². The molecule has 9 heteroatoms. The summed E-state index contributed by atoms with van der Waals surface area (Å²) in [6, 6.07) is 13.8. The molecule has 180 valence electrons. The first-order chi connectivity index (χ1) is 16.3. The van der Waals surface area contributed by atoms with Crippen LogP contribution >= 0.6 is 0 Å². The molecule has 0 bridgehead atoms. The highest BCUT2D eigenvalue weighted by Crippen LogP contribution is 2.44. The van der Waals surface area contributed by atoms with Gasteiger partial charge in [-0.1, -0.05) is 48.5 Å². The Kier molecular flexibility index (Phi) is 7.09. The molecule has 1 aliphatic heterocycles. The minimum absolute atomic E-state index is 0.0188. The van der Waals surface area contributed by atoms with Gasteiger partial charge in [0.1, 0.15) is 12.6 Å². The van der Waals surface area contributed by atoms with E-state index in [0.717, 1.165) is 22.3 Å². The second-order valence-corrected chi connectivity index (χ2v) is 8.63. The number of carbonyl (C=O) groups is 3. The van der Waals surface area contributed by atoms with Crippen molar-refractivity contribution in [3.05, 3.63) is 59.7 Å². The molecule has 1 fully saturated rings. The third-order valence-electron chi connectivity index (χ3n) is 6.47. The lowest BCUT2D eigenvalue weighted by atomic mass is 9.97. The van der Waals surface area contributed by atoms with Crippen LogP contribution in [0.5, 0.6) is 0 Å². The lowest BCUT2D eigenvalue weighted by molar-refractivity contribution is -0.146. The second kappa shape index (κ2) is 10.2. The van der Waals surface area contributed by atoms with Crippen LogP contribution in [-0.4, -0.2) is 60.1 Å². The third-order valence-corrected chi connectivity index (χ3v) is 6.47. The number of alkyl carbamates (subject to hydrolysis) is 1. The molecule has 2 amide bonds. The molecule has 7 nitrogen and oxygen atoms in total. The Morgan fingerprint density at radius 2 is 1.68 bits per heavy atom. The maximum atomic E-state index is 13.6. The van der Waals surface area contributed by atoms with Gasteiger partial charge in [0.15, 0.2) is 0 Å². The number of carbonyl (C=O) groups excluding carboxylic acids is 2. The van der Waals surface area contributed by atoms with Gasteiger partial charge in [0.2, 0.25) is 5.91 Å². The number of amides is 2. The Morgan fingerprint density at radius 1 is 1.06 bits per heavy atom. The lowest BCUT2D eigenvalue weighted by Gasteiger charge is -2.31. The number of rotatable bonds is 7. The molecule has 2 unspecified atom stereocenters. The number of hydrogen-bond donors (Lipinski definition) is 2. The number of fused-ring (bicyclic) bond motifs is 3. The van der Waals surface area contributed by atoms with Gasteiger partial charge >= 0.3 is 12.1 Å². The molecule has 2 aromatic rings. The summed E-state index contributed by atoms with van der Waals surface area (Å²) in [6.45, 7) is 0.259. The molecule has 2 atom stereocenters. The average molecular weight is 472 g/mol. The molecule has 2 aliphatic rings. The fourth-order valence-corrected chi connectivity index (χ4v) is 4.72. The van der Waals surface area contributed by atoms with Crippen molar-refractivity contribution in [1.82, 2.24) is 10.2 Å². The zero-order valence-electron chi connectivity index (χ0n) is 18.5. The minimum Gasteiger partial charge on any atom is -0.481 e. The van der Waals surface area contributed by atoms with E-state index in [0.29, 0.717) is 19.4 Å². The Balaban J connectivity index is 1.36. The Bertz CT molecular complexity index is 1030. The summed E-state index contributed by atoms with van der Waals surface area (Å²) in [5.41, 5.74) is 4.08. The second-order valence-electron chi connectivity index (χ2n) is 8.63. The monoisotopic (exact) mass is 472 g/mol. The maximum absolute atomic E-state index is 13.6. The van der Waals surface area contributed by atoms with Crippen LogP contribution in [0.25, 0.3) is 11.1 Å². The van der Waals surface area contributed by atoms with Crippen molar-refractivity contribution in [3.63, 3.8) is 0 Å². The first-order valence-corrected chi connectivity index (χ1v) is 11.3. The molecule has 0 spiro atoms. The Morgan fingerprint density at radius 3 is 2.26 bits per heavy atom. The summed E-state index contributed by atoms with van der Waals surface area (Å²) in [4.78, 5) is 37.4. The van der Waals surface area contributed by atoms with Crippen LogP contribution in [0, 0.1) is 5.92 Å². The summed E-state index contributed by atoms with van der Waals surface area (Å²) in [6.07, 6.45) is -3.71. The van der Waals surface area contributed by atoms with E-state index in [-0.39, 0.29) is 19.1 Å². The molecule has 0 aromatic heterocycles. The Labute approximate surface area is 195 Å². The number of likely N-dealkylation sites (tertiary alicyclic amines) is 1. The normalized spacial score (nSPS) is 18.2. The SMILES string of the molecule is O=C(NC(CC(=O)N1CCCC(C(=O)O)C1)C(F)F)OCC1c2ccccc2-c2ccccc21. The van der Waals surface area contributed by atoms with Gasteiger partial charge in [0.25, 0.3) is 6.43 Å². The molecule has 0 saturated carbocycles. The summed E-state index contributed by atoms with van der Waals surface area (Å²) in [5.74, 6) is -2.56. The fourth-order valence-electron chi connectivity index (χ4n) is 4.72. The molecule has 1 aliphatic carbocycles. The number of alkyl halides is 2. The van der Waals surface area contributed by atoms with E-state index in [1.807, 2.05) is 48.5 Å². The van der Waals surface area contributed by atoms with E-state index in [1.54, 1.807) is 0 Å². The van der Waals surface area contributed by atoms with Gasteiger partial charge in [0, 0.05) is 19.0 Å². The van der Waals surface area contributed by atoms with E-state index in [4.69, 9.17) is 9.84 Å². The van der Waals surface area contributed by atoms with E-state index >= 15 is 0 Å².